The van der Waals surface area contributed by atoms with Crippen molar-refractivity contribution in [3.05, 3.63) is 0 Å². The summed E-state index contributed by atoms with van der Waals surface area (Å²) >= 11 is 14.7. The Hall–Kier alpha value is 0.660. The molecule has 0 nitrogen and oxygen atoms in total. The summed E-state index contributed by atoms with van der Waals surface area (Å²) in [7, 11) is 0. The Kier molecular flexibility index (Phi) is 4.82. The van der Waals surface area contributed by atoms with Gasteiger partial charge >= 0.3 is 0 Å². The SMILES string of the molecule is FC(F)C(Cl)C(Cl)C(F)Cl. The minimum atomic E-state index is -2.86. The van der Waals surface area contributed by atoms with Crippen molar-refractivity contribution in [2.45, 2.75) is 22.8 Å². The van der Waals surface area contributed by atoms with Crippen LogP contribution in [0, 0.1) is 0 Å². The smallest absolute Gasteiger partial charge is 0.228 e. The molecule has 0 aromatic carbocycles. The minimum absolute atomic E-state index is 1.55. The molecule has 0 aliphatic carbocycles. The van der Waals surface area contributed by atoms with Gasteiger partial charge < -0.3 is 0 Å². The second-order valence-electron chi connectivity index (χ2n) is 1.56. The van der Waals surface area contributed by atoms with Crippen LogP contribution in [-0.4, -0.2) is 22.8 Å². The molecule has 6 heteroatoms. The minimum Gasteiger partial charge on any atom is -0.228 e. The number of hydrogen-bond acceptors (Lipinski definition) is 0. The van der Waals surface area contributed by atoms with Gasteiger partial charge in [-0.25, -0.2) is 13.2 Å². The van der Waals surface area contributed by atoms with Crippen molar-refractivity contribution in [3.8, 4) is 0 Å². The molecule has 0 bridgehead atoms. The molecule has 0 N–H and O–H groups in total. The van der Waals surface area contributed by atoms with E-state index in [0.29, 0.717) is 0 Å². The van der Waals surface area contributed by atoms with Crippen LogP contribution in [0.3, 0.4) is 0 Å². The number of hydrogen-bond donors (Lipinski definition) is 0. The van der Waals surface area contributed by atoms with E-state index in [1.54, 1.807) is 0 Å². The normalized spacial score (nSPS) is 20.7. The van der Waals surface area contributed by atoms with Crippen molar-refractivity contribution >= 4 is 34.8 Å². The Morgan fingerprint density at radius 3 is 1.30 bits per heavy atom. The van der Waals surface area contributed by atoms with Gasteiger partial charge in [0.1, 0.15) is 10.8 Å². The summed E-state index contributed by atoms with van der Waals surface area (Å²) in [5.41, 5.74) is -2.04. The van der Waals surface area contributed by atoms with Crippen LogP contribution in [0.1, 0.15) is 0 Å². The first-order valence-corrected chi connectivity index (χ1v) is 3.62. The van der Waals surface area contributed by atoms with E-state index >= 15 is 0 Å². The lowest BCUT2D eigenvalue weighted by Crippen LogP contribution is -2.28. The molecule has 0 heterocycles. The van der Waals surface area contributed by atoms with Gasteiger partial charge in [0.2, 0.25) is 0 Å². The maximum Gasteiger partial charge on any atom is 0.256 e. The fourth-order valence-electron chi connectivity index (χ4n) is 0.278. The van der Waals surface area contributed by atoms with Gasteiger partial charge in [0, 0.05) is 0 Å². The first-order valence-electron chi connectivity index (χ1n) is 2.31. The molecule has 0 aromatic rings. The zero-order valence-electron chi connectivity index (χ0n) is 4.58. The Labute approximate surface area is 71.2 Å². The molecule has 0 aliphatic heterocycles. The van der Waals surface area contributed by atoms with E-state index in [1.807, 2.05) is 0 Å². The molecule has 0 saturated heterocycles. The standard InChI is InChI=1S/C4H4Cl3F3/c5-1(3(7)8)2(6)4(9)10/h1-4H. The van der Waals surface area contributed by atoms with Crippen LogP contribution >= 0.6 is 34.8 Å². The van der Waals surface area contributed by atoms with E-state index in [-0.39, 0.29) is 0 Å². The van der Waals surface area contributed by atoms with Gasteiger partial charge in [0.15, 0.2) is 5.63 Å². The summed E-state index contributed by atoms with van der Waals surface area (Å²) in [4.78, 5) is 0. The molecule has 62 valence electrons. The molecule has 0 radical (unpaired) electrons. The van der Waals surface area contributed by atoms with E-state index < -0.39 is 22.8 Å². The highest BCUT2D eigenvalue weighted by atomic mass is 35.5. The molecule has 3 unspecified atom stereocenters. The Balaban J connectivity index is 3.81. The highest BCUT2D eigenvalue weighted by molar-refractivity contribution is 6.34. The first kappa shape index (κ1) is 10.7. The molecule has 0 fully saturated rings. The van der Waals surface area contributed by atoms with Crippen LogP contribution in [0.2, 0.25) is 0 Å². The average molecular weight is 215 g/mol. The lowest BCUT2D eigenvalue weighted by atomic mass is 10.3. The third-order valence-corrected chi connectivity index (χ3v) is 2.27. The number of halogens is 6. The van der Waals surface area contributed by atoms with E-state index in [1.165, 1.54) is 0 Å². The Bertz CT molecular complexity index is 85.7. The van der Waals surface area contributed by atoms with E-state index in [0.717, 1.165) is 0 Å². The van der Waals surface area contributed by atoms with Crippen molar-refractivity contribution in [2.24, 2.45) is 0 Å². The molecule has 0 amide bonds. The summed E-state index contributed by atoms with van der Waals surface area (Å²) in [5.74, 6) is 0. The van der Waals surface area contributed by atoms with Crippen LogP contribution in [-0.2, 0) is 0 Å². The van der Waals surface area contributed by atoms with E-state index in [2.05, 4.69) is 0 Å². The quantitative estimate of drug-likeness (QED) is 0.635. The van der Waals surface area contributed by atoms with Gasteiger partial charge in [-0.15, -0.1) is 23.2 Å². The maximum absolute atomic E-state index is 11.9. The van der Waals surface area contributed by atoms with E-state index in [9.17, 15) is 13.2 Å². The second kappa shape index (κ2) is 4.52. The summed E-state index contributed by atoms with van der Waals surface area (Å²) in [5, 5.41) is -3.29. The monoisotopic (exact) mass is 214 g/mol. The first-order chi connectivity index (χ1) is 4.46. The molecule has 0 aliphatic rings. The zero-order chi connectivity index (χ0) is 8.31. The molecule has 0 saturated carbocycles. The van der Waals surface area contributed by atoms with Crippen molar-refractivity contribution in [3.63, 3.8) is 0 Å². The van der Waals surface area contributed by atoms with Gasteiger partial charge in [-0.2, -0.15) is 0 Å². The van der Waals surface area contributed by atoms with Crippen LogP contribution in [0.25, 0.3) is 0 Å². The van der Waals surface area contributed by atoms with Crippen molar-refractivity contribution in [1.29, 1.82) is 0 Å². The summed E-state index contributed by atoms with van der Waals surface area (Å²) in [6.07, 6.45) is -2.86. The van der Waals surface area contributed by atoms with Crippen molar-refractivity contribution in [2.75, 3.05) is 0 Å². The predicted molar refractivity (Wildman–Crippen MR) is 36.0 cm³/mol. The molecular weight excluding hydrogens is 211 g/mol. The van der Waals surface area contributed by atoms with Gasteiger partial charge in [0.25, 0.3) is 6.43 Å². The maximum atomic E-state index is 11.9. The largest absolute Gasteiger partial charge is 0.256 e. The van der Waals surface area contributed by atoms with Crippen LogP contribution < -0.4 is 0 Å². The number of rotatable bonds is 3. The third-order valence-electron chi connectivity index (χ3n) is 0.786. The van der Waals surface area contributed by atoms with Gasteiger partial charge in [0.05, 0.1) is 0 Å². The van der Waals surface area contributed by atoms with Crippen molar-refractivity contribution in [1.82, 2.24) is 0 Å². The zero-order valence-corrected chi connectivity index (χ0v) is 6.84. The fraction of sp³-hybridized carbons (Fsp3) is 1.00. The highest BCUT2D eigenvalue weighted by Crippen LogP contribution is 2.23. The van der Waals surface area contributed by atoms with Crippen LogP contribution in [0.5, 0.6) is 0 Å². The molecule has 10 heavy (non-hydrogen) atoms. The van der Waals surface area contributed by atoms with Gasteiger partial charge in [-0.1, -0.05) is 11.6 Å². The third kappa shape index (κ3) is 3.17. The van der Waals surface area contributed by atoms with E-state index in [4.69, 9.17) is 34.8 Å². The molecule has 3 atom stereocenters. The topological polar surface area (TPSA) is 0 Å². The highest BCUT2D eigenvalue weighted by Gasteiger charge is 2.31. The Morgan fingerprint density at radius 2 is 1.20 bits per heavy atom. The molecule has 0 rings (SSSR count). The summed E-state index contributed by atoms with van der Waals surface area (Å²) in [6, 6.07) is 0. The predicted octanol–water partition coefficient (Wildman–Crippen LogP) is 3.00. The second-order valence-corrected chi connectivity index (χ2v) is 2.98. The summed E-state index contributed by atoms with van der Waals surface area (Å²) in [6.45, 7) is 0. The van der Waals surface area contributed by atoms with Crippen LogP contribution in [0.4, 0.5) is 13.2 Å². The number of alkyl halides is 6. The molecular formula is C4H4Cl3F3. The van der Waals surface area contributed by atoms with Crippen molar-refractivity contribution < 1.29 is 13.2 Å². The average Bonchev–Trinajstić information content (AvgIpc) is 1.84. The fourth-order valence-corrected chi connectivity index (χ4v) is 0.747. The Morgan fingerprint density at radius 1 is 0.800 bits per heavy atom. The van der Waals surface area contributed by atoms with Gasteiger partial charge in [-0.05, 0) is 0 Å². The van der Waals surface area contributed by atoms with Crippen LogP contribution in [0.15, 0.2) is 0 Å². The summed E-state index contributed by atoms with van der Waals surface area (Å²) < 4.78 is 35.1. The molecule has 0 spiro atoms. The lowest BCUT2D eigenvalue weighted by Gasteiger charge is -2.14. The molecule has 0 aromatic heterocycles. The lowest BCUT2D eigenvalue weighted by molar-refractivity contribution is 0.135. The van der Waals surface area contributed by atoms with Gasteiger partial charge in [-0.3, -0.25) is 0 Å².